The fourth-order valence-electron chi connectivity index (χ4n) is 2.03. The van der Waals surface area contributed by atoms with E-state index in [1.54, 1.807) is 37.1 Å². The van der Waals surface area contributed by atoms with E-state index >= 15 is 0 Å². The van der Waals surface area contributed by atoms with Crippen molar-refractivity contribution in [3.63, 3.8) is 0 Å². The van der Waals surface area contributed by atoms with E-state index in [-0.39, 0.29) is 0 Å². The van der Waals surface area contributed by atoms with Gasteiger partial charge in [-0.15, -0.1) is 0 Å². The molecule has 0 saturated heterocycles. The molecule has 4 nitrogen and oxygen atoms in total. The Kier molecular flexibility index (Phi) is 7.13. The number of aromatic nitrogens is 1. The van der Waals surface area contributed by atoms with Crippen molar-refractivity contribution in [2.75, 3.05) is 0 Å². The number of alkyl halides is 3. The van der Waals surface area contributed by atoms with Crippen molar-refractivity contribution >= 4 is 5.91 Å². The minimum Gasteiger partial charge on any atom is -0.321 e. The molecule has 0 aliphatic carbocycles. The first-order chi connectivity index (χ1) is 12.1. The van der Waals surface area contributed by atoms with Crippen molar-refractivity contribution in [1.29, 1.82) is 0 Å². The molecule has 0 unspecified atom stereocenters. The van der Waals surface area contributed by atoms with Crippen molar-refractivity contribution in [1.82, 2.24) is 10.3 Å². The Bertz CT molecular complexity index is 856. The van der Waals surface area contributed by atoms with Gasteiger partial charge in [-0.25, -0.2) is 0 Å². The second-order valence-electron chi connectivity index (χ2n) is 5.18. The Morgan fingerprint density at radius 1 is 1.27 bits per heavy atom. The van der Waals surface area contributed by atoms with Crippen molar-refractivity contribution in [3.8, 4) is 0 Å². The second kappa shape index (κ2) is 8.84. The largest absolute Gasteiger partial charge is 0.431 e. The fourth-order valence-corrected chi connectivity index (χ4v) is 2.03. The van der Waals surface area contributed by atoms with Crippen LogP contribution < -0.4 is 10.9 Å². The highest BCUT2D eigenvalue weighted by atomic mass is 19.4. The third-order valence-corrected chi connectivity index (χ3v) is 3.35. The number of carbonyl (C=O) groups excluding carboxylic acids is 1. The maximum absolute atomic E-state index is 12.6. The minimum atomic E-state index is -4.70. The first-order valence-electron chi connectivity index (χ1n) is 7.56. The molecule has 1 rings (SSSR count). The highest BCUT2D eigenvalue weighted by Gasteiger charge is 2.32. The summed E-state index contributed by atoms with van der Waals surface area (Å²) < 4.78 is 37.8. The third kappa shape index (κ3) is 5.20. The average molecular weight is 364 g/mol. The topological polar surface area (TPSA) is 62.0 Å². The number of hydrogen-bond acceptors (Lipinski definition) is 2. The molecule has 0 saturated carbocycles. The normalized spacial score (nSPS) is 13.3. The SMILES string of the molecule is C=C/C=C(/NC(=O)c1ccc(C(F)(F)F)[nH]c1=O)C(/C=C\C)=C(C)C=C. The number of allylic oxidation sites excluding steroid dienone is 6. The van der Waals surface area contributed by atoms with Gasteiger partial charge in [-0.1, -0.05) is 37.5 Å². The number of H-pyrrole nitrogens is 1. The number of halogens is 3. The molecular formula is C19H19F3N2O2. The predicted octanol–water partition coefficient (Wildman–Crippen LogP) is 4.27. The van der Waals surface area contributed by atoms with Gasteiger partial charge in [0.05, 0.1) is 0 Å². The van der Waals surface area contributed by atoms with Crippen molar-refractivity contribution in [2.45, 2.75) is 20.0 Å². The maximum atomic E-state index is 12.6. The van der Waals surface area contributed by atoms with Gasteiger partial charge in [-0.3, -0.25) is 9.59 Å². The first kappa shape index (κ1) is 21.0. The van der Waals surface area contributed by atoms with Crippen LogP contribution in [-0.4, -0.2) is 10.9 Å². The van der Waals surface area contributed by atoms with E-state index in [0.29, 0.717) is 17.3 Å². The van der Waals surface area contributed by atoms with Crippen molar-refractivity contribution < 1.29 is 18.0 Å². The second-order valence-corrected chi connectivity index (χ2v) is 5.18. The molecule has 0 aliphatic rings. The molecule has 1 heterocycles. The Hall–Kier alpha value is -3.09. The van der Waals surface area contributed by atoms with E-state index in [2.05, 4.69) is 18.5 Å². The molecule has 1 aromatic heterocycles. The third-order valence-electron chi connectivity index (χ3n) is 3.35. The summed E-state index contributed by atoms with van der Waals surface area (Å²) in [6, 6.07) is 1.48. The Labute approximate surface area is 149 Å². The molecule has 1 amide bonds. The Morgan fingerprint density at radius 3 is 2.38 bits per heavy atom. The van der Waals surface area contributed by atoms with Crippen LogP contribution >= 0.6 is 0 Å². The number of carbonyl (C=O) groups is 1. The molecule has 0 bridgehead atoms. The summed E-state index contributed by atoms with van der Waals surface area (Å²) in [5.74, 6) is -0.841. The maximum Gasteiger partial charge on any atom is 0.431 e. The molecule has 7 heteroatoms. The monoisotopic (exact) mass is 364 g/mol. The van der Waals surface area contributed by atoms with Gasteiger partial charge in [0, 0.05) is 11.3 Å². The van der Waals surface area contributed by atoms with E-state index in [4.69, 9.17) is 0 Å². The molecular weight excluding hydrogens is 345 g/mol. The standard InChI is InChI=1S/C19H19F3N2O2/c1-5-8-13(12(4)7-3)15(9-6-2)23-17(25)14-10-11-16(19(20,21)22)24-18(14)26/h5-11H,2-3H2,1,4H3,(H,23,25)(H,24,26)/b8-5-,13-12?,15-9+. The highest BCUT2D eigenvalue weighted by Crippen LogP contribution is 2.26. The summed E-state index contributed by atoms with van der Waals surface area (Å²) in [5, 5.41) is 2.53. The van der Waals surface area contributed by atoms with Gasteiger partial charge in [0.25, 0.3) is 11.5 Å². The van der Waals surface area contributed by atoms with Gasteiger partial charge in [0.15, 0.2) is 0 Å². The van der Waals surface area contributed by atoms with Gasteiger partial charge < -0.3 is 10.3 Å². The highest BCUT2D eigenvalue weighted by molar-refractivity contribution is 5.95. The van der Waals surface area contributed by atoms with Crippen LogP contribution in [0.2, 0.25) is 0 Å². The molecule has 0 aliphatic heterocycles. The number of amides is 1. The summed E-state index contributed by atoms with van der Waals surface area (Å²) >= 11 is 0. The van der Waals surface area contributed by atoms with Crippen molar-refractivity contribution in [2.24, 2.45) is 0 Å². The van der Waals surface area contributed by atoms with Crippen LogP contribution in [0.1, 0.15) is 29.9 Å². The van der Waals surface area contributed by atoms with Crippen LogP contribution in [0.4, 0.5) is 13.2 Å². The van der Waals surface area contributed by atoms with E-state index in [9.17, 15) is 22.8 Å². The zero-order valence-corrected chi connectivity index (χ0v) is 14.4. The van der Waals surface area contributed by atoms with E-state index in [1.807, 2.05) is 0 Å². The molecule has 2 N–H and O–H groups in total. The number of nitrogens with one attached hydrogen (secondary N) is 2. The minimum absolute atomic E-state index is 0.333. The molecule has 0 spiro atoms. The van der Waals surface area contributed by atoms with Gasteiger partial charge in [-0.2, -0.15) is 13.2 Å². The Balaban J connectivity index is 3.29. The van der Waals surface area contributed by atoms with Crippen LogP contribution in [0.25, 0.3) is 0 Å². The van der Waals surface area contributed by atoms with Crippen molar-refractivity contribution in [3.05, 3.63) is 94.1 Å². The van der Waals surface area contributed by atoms with Gasteiger partial charge >= 0.3 is 6.18 Å². The van der Waals surface area contributed by atoms with Crippen LogP contribution in [0.3, 0.4) is 0 Å². The van der Waals surface area contributed by atoms with Crippen LogP contribution in [-0.2, 0) is 6.18 Å². The zero-order valence-electron chi connectivity index (χ0n) is 14.4. The number of pyridine rings is 1. The fraction of sp³-hybridized carbons (Fsp3) is 0.158. The Morgan fingerprint density at radius 2 is 1.92 bits per heavy atom. The molecule has 138 valence electrons. The van der Waals surface area contributed by atoms with E-state index in [0.717, 1.165) is 11.6 Å². The molecule has 0 fully saturated rings. The summed E-state index contributed by atoms with van der Waals surface area (Å²) in [5.41, 5.74) is -1.09. The molecule has 0 aromatic carbocycles. The summed E-state index contributed by atoms with van der Waals surface area (Å²) in [6.45, 7) is 10.8. The first-order valence-corrected chi connectivity index (χ1v) is 7.56. The predicted molar refractivity (Wildman–Crippen MR) is 95.5 cm³/mol. The molecule has 1 aromatic rings. The molecule has 0 atom stereocenters. The van der Waals surface area contributed by atoms with Gasteiger partial charge in [0.2, 0.25) is 0 Å². The quantitative estimate of drug-likeness (QED) is 0.741. The average Bonchev–Trinajstić information content (AvgIpc) is 2.57. The lowest BCUT2D eigenvalue weighted by Crippen LogP contribution is -2.31. The number of aromatic amines is 1. The zero-order chi connectivity index (χ0) is 19.9. The number of hydrogen-bond donors (Lipinski definition) is 2. The molecule has 0 radical (unpaired) electrons. The summed E-state index contributed by atoms with van der Waals surface area (Å²) in [6.07, 6.45) is 3.30. The lowest BCUT2D eigenvalue weighted by Gasteiger charge is -2.13. The lowest BCUT2D eigenvalue weighted by molar-refractivity contribution is -0.141. The number of rotatable bonds is 6. The van der Waals surface area contributed by atoms with Gasteiger partial charge in [0.1, 0.15) is 11.3 Å². The van der Waals surface area contributed by atoms with Crippen LogP contribution in [0.5, 0.6) is 0 Å². The molecule has 26 heavy (non-hydrogen) atoms. The summed E-state index contributed by atoms with van der Waals surface area (Å²) in [7, 11) is 0. The van der Waals surface area contributed by atoms with Crippen LogP contribution in [0.15, 0.2) is 77.3 Å². The van der Waals surface area contributed by atoms with Crippen LogP contribution in [0, 0.1) is 0 Å². The van der Waals surface area contributed by atoms with Gasteiger partial charge in [-0.05, 0) is 37.6 Å². The van der Waals surface area contributed by atoms with E-state index in [1.165, 1.54) is 12.2 Å². The smallest absolute Gasteiger partial charge is 0.321 e. The van der Waals surface area contributed by atoms with E-state index < -0.39 is 28.9 Å². The summed E-state index contributed by atoms with van der Waals surface area (Å²) in [4.78, 5) is 25.9. The lowest BCUT2D eigenvalue weighted by atomic mass is 10.0.